The van der Waals surface area contributed by atoms with Crippen LogP contribution in [0.25, 0.3) is 11.8 Å². The van der Waals surface area contributed by atoms with Crippen molar-refractivity contribution in [3.8, 4) is 17.5 Å². The zero-order valence-electron chi connectivity index (χ0n) is 17.1. The highest BCUT2D eigenvalue weighted by atomic mass is 35.5. The molecule has 3 aromatic rings. The Morgan fingerprint density at radius 1 is 1.20 bits per heavy atom. The van der Waals surface area contributed by atoms with E-state index in [-0.39, 0.29) is 5.57 Å². The lowest BCUT2D eigenvalue weighted by Crippen LogP contribution is -2.13. The molecule has 2 aromatic carbocycles. The summed E-state index contributed by atoms with van der Waals surface area (Å²) in [5.41, 5.74) is 4.19. The van der Waals surface area contributed by atoms with Crippen molar-refractivity contribution in [3.63, 3.8) is 0 Å². The Bertz CT molecular complexity index is 1160. The van der Waals surface area contributed by atoms with Gasteiger partial charge in [-0.05, 0) is 68.8 Å². The molecule has 0 aliphatic rings. The first-order valence-electron chi connectivity index (χ1n) is 9.53. The Hall–Kier alpha value is -3.49. The van der Waals surface area contributed by atoms with Crippen molar-refractivity contribution in [1.29, 1.82) is 5.26 Å². The van der Waals surface area contributed by atoms with Crippen molar-refractivity contribution >= 4 is 29.3 Å². The summed E-state index contributed by atoms with van der Waals surface area (Å²) < 4.78 is 7.49. The van der Waals surface area contributed by atoms with Crippen LogP contribution in [0.15, 0.2) is 60.2 Å². The molecule has 0 atom stereocenters. The van der Waals surface area contributed by atoms with E-state index in [1.165, 1.54) is 0 Å². The summed E-state index contributed by atoms with van der Waals surface area (Å²) in [6, 6.07) is 18.6. The Morgan fingerprint density at radius 3 is 2.67 bits per heavy atom. The number of ether oxygens (including phenoxy) is 1. The van der Waals surface area contributed by atoms with Crippen LogP contribution in [0.1, 0.15) is 23.9 Å². The van der Waals surface area contributed by atoms with E-state index in [0.717, 1.165) is 22.6 Å². The highest BCUT2D eigenvalue weighted by Gasteiger charge is 2.14. The Kier molecular flexibility index (Phi) is 6.61. The minimum absolute atomic E-state index is 0.0168. The number of hydrogen-bond acceptors (Lipinski definition) is 3. The first-order valence-corrected chi connectivity index (χ1v) is 9.91. The van der Waals surface area contributed by atoms with Gasteiger partial charge in [-0.15, -0.1) is 0 Å². The predicted molar refractivity (Wildman–Crippen MR) is 120 cm³/mol. The topological polar surface area (TPSA) is 67.0 Å². The van der Waals surface area contributed by atoms with Gasteiger partial charge in [0.1, 0.15) is 17.4 Å². The van der Waals surface area contributed by atoms with Crippen molar-refractivity contribution in [3.05, 3.63) is 82.1 Å². The fourth-order valence-electron chi connectivity index (χ4n) is 3.28. The molecule has 0 saturated heterocycles. The highest BCUT2D eigenvalue weighted by Crippen LogP contribution is 2.25. The SMILES string of the molecule is CCOc1cccc(NC(=O)C(C#N)=Cc2cc(C)n(-c3cccc(Cl)c3)c2C)c1. The van der Waals surface area contributed by atoms with Gasteiger partial charge in [-0.25, -0.2) is 0 Å². The van der Waals surface area contributed by atoms with Crippen LogP contribution >= 0.6 is 11.6 Å². The third kappa shape index (κ3) is 4.73. The maximum absolute atomic E-state index is 12.7. The van der Waals surface area contributed by atoms with E-state index >= 15 is 0 Å². The molecule has 0 saturated carbocycles. The fourth-order valence-corrected chi connectivity index (χ4v) is 3.46. The lowest BCUT2D eigenvalue weighted by Gasteiger charge is -2.10. The summed E-state index contributed by atoms with van der Waals surface area (Å²) in [4.78, 5) is 12.7. The van der Waals surface area contributed by atoms with Gasteiger partial charge in [0.15, 0.2) is 0 Å². The lowest BCUT2D eigenvalue weighted by molar-refractivity contribution is -0.112. The molecule has 0 radical (unpaired) electrons. The summed E-state index contributed by atoms with van der Waals surface area (Å²) in [5.74, 6) is 0.182. The number of nitrogens with one attached hydrogen (secondary N) is 1. The smallest absolute Gasteiger partial charge is 0.266 e. The number of aromatic nitrogens is 1. The Balaban J connectivity index is 1.89. The molecular weight excluding hydrogens is 398 g/mol. The van der Waals surface area contributed by atoms with E-state index in [4.69, 9.17) is 16.3 Å². The van der Waals surface area contributed by atoms with Gasteiger partial charge in [0.05, 0.1) is 6.61 Å². The molecule has 30 heavy (non-hydrogen) atoms. The van der Waals surface area contributed by atoms with Gasteiger partial charge in [-0.3, -0.25) is 4.79 Å². The number of halogens is 1. The molecule has 1 amide bonds. The van der Waals surface area contributed by atoms with Crippen LogP contribution in [0.2, 0.25) is 5.02 Å². The summed E-state index contributed by atoms with van der Waals surface area (Å²) in [6.45, 7) is 6.33. The first-order chi connectivity index (χ1) is 14.4. The second kappa shape index (κ2) is 9.34. The second-order valence-electron chi connectivity index (χ2n) is 6.73. The molecule has 0 bridgehead atoms. The zero-order chi connectivity index (χ0) is 21.7. The first kappa shape index (κ1) is 21.2. The largest absolute Gasteiger partial charge is 0.494 e. The number of benzene rings is 2. The predicted octanol–water partition coefficient (Wildman–Crippen LogP) is 5.69. The third-order valence-electron chi connectivity index (χ3n) is 4.60. The van der Waals surface area contributed by atoms with Crippen LogP contribution in [0.5, 0.6) is 5.75 Å². The average Bonchev–Trinajstić information content (AvgIpc) is 2.99. The van der Waals surface area contributed by atoms with Gasteiger partial charge in [-0.1, -0.05) is 23.7 Å². The Labute approximate surface area is 181 Å². The molecule has 5 nitrogen and oxygen atoms in total. The maximum Gasteiger partial charge on any atom is 0.266 e. The van der Waals surface area contributed by atoms with Crippen molar-refractivity contribution in [2.24, 2.45) is 0 Å². The number of rotatable bonds is 6. The third-order valence-corrected chi connectivity index (χ3v) is 4.84. The minimum Gasteiger partial charge on any atom is -0.494 e. The quantitative estimate of drug-likeness (QED) is 0.412. The van der Waals surface area contributed by atoms with Crippen LogP contribution in [-0.2, 0) is 4.79 Å². The number of aryl methyl sites for hydroxylation is 1. The van der Waals surface area contributed by atoms with Gasteiger partial charge in [-0.2, -0.15) is 5.26 Å². The number of hydrogen-bond donors (Lipinski definition) is 1. The number of carbonyl (C=O) groups excluding carboxylic acids is 1. The molecule has 0 aliphatic carbocycles. The summed E-state index contributed by atoms with van der Waals surface area (Å²) in [5, 5.41) is 13.0. The number of amides is 1. The van der Waals surface area contributed by atoms with Gasteiger partial charge in [0.2, 0.25) is 0 Å². The summed E-state index contributed by atoms with van der Waals surface area (Å²) in [6.07, 6.45) is 1.60. The van der Waals surface area contributed by atoms with Crippen LogP contribution in [0, 0.1) is 25.2 Å². The standard InChI is InChI=1S/C24H22ClN3O2/c1-4-30-23-10-6-8-21(14-23)27-24(29)19(15-26)12-18-11-16(2)28(17(18)3)22-9-5-7-20(25)13-22/h5-14H,4H2,1-3H3,(H,27,29). The van der Waals surface area contributed by atoms with Crippen molar-refractivity contribution in [2.45, 2.75) is 20.8 Å². The van der Waals surface area contributed by atoms with E-state index in [1.807, 2.05) is 67.8 Å². The van der Waals surface area contributed by atoms with Crippen molar-refractivity contribution < 1.29 is 9.53 Å². The lowest BCUT2D eigenvalue weighted by atomic mass is 10.1. The molecule has 1 N–H and O–H groups in total. The van der Waals surface area contributed by atoms with Crippen LogP contribution < -0.4 is 10.1 Å². The summed E-state index contributed by atoms with van der Waals surface area (Å²) in [7, 11) is 0. The van der Waals surface area contributed by atoms with Crippen molar-refractivity contribution in [1.82, 2.24) is 4.57 Å². The van der Waals surface area contributed by atoms with Crippen molar-refractivity contribution in [2.75, 3.05) is 11.9 Å². The monoisotopic (exact) mass is 419 g/mol. The number of anilines is 1. The maximum atomic E-state index is 12.7. The highest BCUT2D eigenvalue weighted by molar-refractivity contribution is 6.30. The van der Waals surface area contributed by atoms with Gasteiger partial charge in [0.25, 0.3) is 5.91 Å². The summed E-state index contributed by atoms with van der Waals surface area (Å²) >= 11 is 6.13. The van der Waals surface area contributed by atoms with E-state index in [2.05, 4.69) is 5.32 Å². The molecule has 0 aliphatic heterocycles. The van der Waals surface area contributed by atoms with E-state index in [9.17, 15) is 10.1 Å². The zero-order valence-corrected chi connectivity index (χ0v) is 17.8. The molecule has 152 valence electrons. The van der Waals surface area contributed by atoms with Crippen LogP contribution in [-0.4, -0.2) is 17.1 Å². The van der Waals surface area contributed by atoms with E-state index < -0.39 is 5.91 Å². The normalized spacial score (nSPS) is 11.1. The molecule has 3 rings (SSSR count). The molecule has 1 heterocycles. The van der Waals surface area contributed by atoms with Gasteiger partial charge in [0, 0.05) is 33.9 Å². The fraction of sp³-hybridized carbons (Fsp3) is 0.167. The number of nitriles is 1. The molecule has 6 heteroatoms. The second-order valence-corrected chi connectivity index (χ2v) is 7.16. The molecule has 1 aromatic heterocycles. The van der Waals surface area contributed by atoms with E-state index in [0.29, 0.717) is 23.1 Å². The number of nitrogens with zero attached hydrogens (tertiary/aromatic N) is 2. The van der Waals surface area contributed by atoms with E-state index in [1.54, 1.807) is 24.3 Å². The minimum atomic E-state index is -0.473. The van der Waals surface area contributed by atoms with Gasteiger partial charge >= 0.3 is 0 Å². The molecule has 0 spiro atoms. The number of carbonyl (C=O) groups is 1. The average molecular weight is 420 g/mol. The molecular formula is C24H22ClN3O2. The van der Waals surface area contributed by atoms with Crippen LogP contribution in [0.4, 0.5) is 5.69 Å². The Morgan fingerprint density at radius 2 is 1.97 bits per heavy atom. The van der Waals surface area contributed by atoms with Gasteiger partial charge < -0.3 is 14.6 Å². The molecule has 0 unspecified atom stereocenters. The van der Waals surface area contributed by atoms with Crippen LogP contribution in [0.3, 0.4) is 0 Å². The molecule has 0 fully saturated rings.